The minimum atomic E-state index is -0.186. The van der Waals surface area contributed by atoms with Gasteiger partial charge in [0.1, 0.15) is 22.7 Å². The van der Waals surface area contributed by atoms with Crippen LogP contribution in [0.2, 0.25) is 5.15 Å². The van der Waals surface area contributed by atoms with Crippen LogP contribution in [0.5, 0.6) is 0 Å². The van der Waals surface area contributed by atoms with Crippen molar-refractivity contribution < 1.29 is 9.26 Å². The predicted octanol–water partition coefficient (Wildman–Crippen LogP) is 2.94. The molecule has 1 unspecified atom stereocenters. The second-order valence-electron chi connectivity index (χ2n) is 5.04. The molecule has 1 saturated heterocycles. The molecule has 116 valence electrons. The van der Waals surface area contributed by atoms with Crippen LogP contribution in [0.15, 0.2) is 4.52 Å². The normalized spacial score (nSPS) is 17.1. The maximum absolute atomic E-state index is 9.21. The molecule has 0 spiro atoms. The van der Waals surface area contributed by atoms with Crippen molar-refractivity contribution in [3.05, 3.63) is 22.4 Å². The number of nitrogens with one attached hydrogen (secondary N) is 1. The Bertz CT molecular complexity index is 689. The van der Waals surface area contributed by atoms with Gasteiger partial charge in [-0.1, -0.05) is 16.8 Å². The Hall–Kier alpha value is -1.69. The van der Waals surface area contributed by atoms with E-state index in [0.717, 1.165) is 24.4 Å². The van der Waals surface area contributed by atoms with Crippen molar-refractivity contribution >= 4 is 28.1 Å². The molecule has 0 bridgehead atoms. The van der Waals surface area contributed by atoms with E-state index in [9.17, 15) is 5.26 Å². The zero-order valence-electron chi connectivity index (χ0n) is 11.9. The summed E-state index contributed by atoms with van der Waals surface area (Å²) in [6, 6.07) is 1.88. The Balaban J connectivity index is 1.89. The molecule has 0 radical (unpaired) electrons. The fourth-order valence-electron chi connectivity index (χ4n) is 2.48. The van der Waals surface area contributed by atoms with Crippen LogP contribution in [0.3, 0.4) is 0 Å². The number of nitrogens with zero attached hydrogens (tertiary/aromatic N) is 4. The summed E-state index contributed by atoms with van der Waals surface area (Å²) >= 11 is 7.09. The first-order valence-electron chi connectivity index (χ1n) is 6.88. The number of hydrogen-bond acceptors (Lipinski definition) is 8. The van der Waals surface area contributed by atoms with Crippen LogP contribution in [0.4, 0.5) is 5.00 Å². The maximum atomic E-state index is 9.21. The van der Waals surface area contributed by atoms with Crippen LogP contribution in [0, 0.1) is 24.2 Å². The van der Waals surface area contributed by atoms with Crippen LogP contribution >= 0.6 is 23.1 Å². The zero-order valence-corrected chi connectivity index (χ0v) is 13.4. The van der Waals surface area contributed by atoms with Gasteiger partial charge in [-0.15, -0.1) is 0 Å². The number of halogens is 1. The Morgan fingerprint density at radius 3 is 2.86 bits per heavy atom. The third-order valence-electron chi connectivity index (χ3n) is 3.60. The lowest BCUT2D eigenvalue weighted by Gasteiger charge is -2.28. The van der Waals surface area contributed by atoms with E-state index in [-0.39, 0.29) is 17.1 Å². The van der Waals surface area contributed by atoms with Gasteiger partial charge in [0, 0.05) is 13.2 Å². The highest BCUT2D eigenvalue weighted by atomic mass is 35.5. The molecule has 0 aliphatic carbocycles. The summed E-state index contributed by atoms with van der Waals surface area (Å²) in [4.78, 5) is 4.33. The molecular weight excluding hydrogens is 326 g/mol. The second kappa shape index (κ2) is 6.60. The fourth-order valence-corrected chi connectivity index (χ4v) is 3.45. The van der Waals surface area contributed by atoms with Gasteiger partial charge in [-0.25, -0.2) is 0 Å². The van der Waals surface area contributed by atoms with Gasteiger partial charge in [0.25, 0.3) is 0 Å². The molecule has 1 fully saturated rings. The molecule has 0 aromatic carbocycles. The summed E-state index contributed by atoms with van der Waals surface area (Å²) < 4.78 is 14.8. The molecule has 1 atom stereocenters. The first kappa shape index (κ1) is 15.2. The van der Waals surface area contributed by atoms with Crippen molar-refractivity contribution in [2.45, 2.75) is 25.8 Å². The molecule has 7 nitrogen and oxygen atoms in total. The third-order valence-corrected chi connectivity index (χ3v) is 4.75. The van der Waals surface area contributed by atoms with E-state index in [2.05, 4.69) is 25.9 Å². The molecular formula is C13H14ClN5O2S. The van der Waals surface area contributed by atoms with Gasteiger partial charge in [0.05, 0.1) is 0 Å². The van der Waals surface area contributed by atoms with E-state index in [4.69, 9.17) is 20.9 Å². The van der Waals surface area contributed by atoms with E-state index >= 15 is 0 Å². The molecule has 2 aromatic heterocycles. The van der Waals surface area contributed by atoms with Crippen molar-refractivity contribution in [2.75, 3.05) is 18.5 Å². The number of hydrogen-bond donors (Lipinski definition) is 1. The lowest BCUT2D eigenvalue weighted by atomic mass is 9.91. The minimum absolute atomic E-state index is 0.186. The van der Waals surface area contributed by atoms with Crippen LogP contribution in [-0.2, 0) is 4.74 Å². The molecule has 1 N–H and O–H groups in total. The van der Waals surface area contributed by atoms with E-state index in [1.54, 1.807) is 6.92 Å². The van der Waals surface area contributed by atoms with E-state index in [1.807, 2.05) is 0 Å². The maximum Gasteiger partial charge on any atom is 0.249 e. The van der Waals surface area contributed by atoms with E-state index in [0.29, 0.717) is 35.5 Å². The van der Waals surface area contributed by atoms with Crippen LogP contribution < -0.4 is 5.32 Å². The Morgan fingerprint density at radius 1 is 1.45 bits per heavy atom. The molecule has 1 aliphatic heterocycles. The van der Waals surface area contributed by atoms with Crippen LogP contribution in [-0.4, -0.2) is 27.7 Å². The topological polar surface area (TPSA) is 96.9 Å². The summed E-state index contributed by atoms with van der Waals surface area (Å²) in [6.45, 7) is 3.17. The van der Waals surface area contributed by atoms with Gasteiger partial charge >= 0.3 is 0 Å². The van der Waals surface area contributed by atoms with E-state index in [1.165, 1.54) is 0 Å². The van der Waals surface area contributed by atoms with Gasteiger partial charge in [-0.3, -0.25) is 0 Å². The van der Waals surface area contributed by atoms with Crippen molar-refractivity contribution in [1.82, 2.24) is 14.5 Å². The summed E-state index contributed by atoms with van der Waals surface area (Å²) in [5.41, 5.74) is 0.347. The zero-order chi connectivity index (χ0) is 15.5. The van der Waals surface area contributed by atoms with Crippen LogP contribution in [0.25, 0.3) is 0 Å². The molecule has 22 heavy (non-hydrogen) atoms. The summed E-state index contributed by atoms with van der Waals surface area (Å²) in [6.07, 6.45) is 1.76. The minimum Gasteiger partial charge on any atom is -0.381 e. The highest BCUT2D eigenvalue weighted by Gasteiger charge is 2.31. The quantitative estimate of drug-likeness (QED) is 0.914. The average Bonchev–Trinajstić information content (AvgIpc) is 3.11. The van der Waals surface area contributed by atoms with Gasteiger partial charge in [0.2, 0.25) is 5.89 Å². The highest BCUT2D eigenvalue weighted by Crippen LogP contribution is 2.36. The SMILES string of the molecule is Cc1noc(C(Nc2snc(Cl)c2C#N)C2CCOCC2)n1. The fraction of sp³-hybridized carbons (Fsp3) is 0.538. The van der Waals surface area contributed by atoms with Crippen molar-refractivity contribution in [3.63, 3.8) is 0 Å². The lowest BCUT2D eigenvalue weighted by Crippen LogP contribution is -2.27. The Morgan fingerprint density at radius 2 is 2.23 bits per heavy atom. The van der Waals surface area contributed by atoms with Crippen LogP contribution in [0.1, 0.15) is 36.2 Å². The smallest absolute Gasteiger partial charge is 0.249 e. The highest BCUT2D eigenvalue weighted by molar-refractivity contribution is 7.10. The van der Waals surface area contributed by atoms with Gasteiger partial charge in [0.15, 0.2) is 11.0 Å². The summed E-state index contributed by atoms with van der Waals surface area (Å²) in [5.74, 6) is 1.37. The van der Waals surface area contributed by atoms with Crippen molar-refractivity contribution in [3.8, 4) is 6.07 Å². The first-order valence-corrected chi connectivity index (χ1v) is 8.04. The number of ether oxygens (including phenoxy) is 1. The number of aromatic nitrogens is 3. The lowest BCUT2D eigenvalue weighted by molar-refractivity contribution is 0.0571. The number of anilines is 1. The third kappa shape index (κ3) is 3.06. The largest absolute Gasteiger partial charge is 0.381 e. The predicted molar refractivity (Wildman–Crippen MR) is 80.8 cm³/mol. The van der Waals surface area contributed by atoms with E-state index < -0.39 is 0 Å². The number of aryl methyl sites for hydroxylation is 1. The number of nitriles is 1. The molecule has 2 aromatic rings. The Labute approximate surface area is 136 Å². The second-order valence-corrected chi connectivity index (χ2v) is 6.17. The molecule has 3 rings (SSSR count). The molecule has 3 heterocycles. The monoisotopic (exact) mass is 339 g/mol. The standard InChI is InChI=1S/C13H14ClN5O2S/c1-7-16-12(21-18-7)10(8-2-4-20-5-3-8)17-13-9(6-15)11(14)19-22-13/h8,10,17H,2-5H2,1H3. The Kier molecular flexibility index (Phi) is 4.57. The molecule has 9 heteroatoms. The molecule has 1 aliphatic rings. The average molecular weight is 340 g/mol. The summed E-state index contributed by atoms with van der Waals surface area (Å²) in [7, 11) is 0. The first-order chi connectivity index (χ1) is 10.7. The molecule has 0 amide bonds. The van der Waals surface area contributed by atoms with Gasteiger partial charge in [-0.05, 0) is 37.2 Å². The van der Waals surface area contributed by atoms with Crippen molar-refractivity contribution in [2.24, 2.45) is 5.92 Å². The van der Waals surface area contributed by atoms with Gasteiger partial charge < -0.3 is 14.6 Å². The number of rotatable bonds is 4. The molecule has 0 saturated carbocycles. The van der Waals surface area contributed by atoms with Gasteiger partial charge in [-0.2, -0.15) is 14.6 Å². The summed E-state index contributed by atoms with van der Waals surface area (Å²) in [5, 5.41) is 17.2. The van der Waals surface area contributed by atoms with Crippen molar-refractivity contribution in [1.29, 1.82) is 5.26 Å².